The van der Waals surface area contributed by atoms with Gasteiger partial charge < -0.3 is 9.94 Å². The van der Waals surface area contributed by atoms with E-state index in [1.807, 2.05) is 4.90 Å². The summed E-state index contributed by atoms with van der Waals surface area (Å²) in [5, 5.41) is 12.0. The van der Waals surface area contributed by atoms with Crippen molar-refractivity contribution in [3.63, 3.8) is 0 Å². The number of pyridine rings is 1. The van der Waals surface area contributed by atoms with Crippen molar-refractivity contribution in [1.82, 2.24) is 0 Å². The molecule has 0 spiro atoms. The number of morpholine rings is 1. The molecule has 1 saturated heterocycles. The van der Waals surface area contributed by atoms with Crippen LogP contribution in [0.3, 0.4) is 0 Å². The van der Waals surface area contributed by atoms with Crippen LogP contribution in [0.2, 0.25) is 5.02 Å². The maximum atomic E-state index is 11.4. The van der Waals surface area contributed by atoms with Crippen molar-refractivity contribution in [2.45, 2.75) is 0 Å². The Morgan fingerprint density at radius 3 is 2.86 bits per heavy atom. The van der Waals surface area contributed by atoms with E-state index in [1.165, 1.54) is 6.20 Å². The molecule has 1 aromatic heterocycles. The summed E-state index contributed by atoms with van der Waals surface area (Å²) in [5.41, 5.74) is 0. The summed E-state index contributed by atoms with van der Waals surface area (Å²) < 4.78 is 6.04. The van der Waals surface area contributed by atoms with Gasteiger partial charge in [0.2, 0.25) is 0 Å². The molecule has 0 amide bonds. The predicted octanol–water partition coefficient (Wildman–Crippen LogP) is 0.810. The molecule has 1 aliphatic rings. The summed E-state index contributed by atoms with van der Waals surface area (Å²) in [5.74, 6) is 0.598. The van der Waals surface area contributed by atoms with Gasteiger partial charge in [-0.1, -0.05) is 11.6 Å². The van der Waals surface area contributed by atoms with E-state index in [0.29, 0.717) is 24.1 Å². The third kappa shape index (κ3) is 1.91. The van der Waals surface area contributed by atoms with Crippen LogP contribution in [-0.4, -0.2) is 26.3 Å². The molecular weight excluding hydrogens is 204 g/mol. The Morgan fingerprint density at radius 1 is 1.43 bits per heavy atom. The second-order valence-corrected chi connectivity index (χ2v) is 3.56. The average Bonchev–Trinajstić information content (AvgIpc) is 2.23. The Balaban J connectivity index is 2.24. The minimum atomic E-state index is 0.582. The molecule has 2 heterocycles. The van der Waals surface area contributed by atoms with Gasteiger partial charge in [-0.15, -0.1) is 0 Å². The highest BCUT2D eigenvalue weighted by atomic mass is 35.5. The molecule has 2 rings (SSSR count). The van der Waals surface area contributed by atoms with E-state index in [9.17, 15) is 5.21 Å². The standard InChI is InChI=1S/C9H11ClN2O2/c10-8-1-2-12(13)9(7-8)11-3-5-14-6-4-11/h1-2,7H,3-6H2. The van der Waals surface area contributed by atoms with E-state index >= 15 is 0 Å². The number of hydrogen-bond acceptors (Lipinski definition) is 3. The molecule has 1 aromatic rings. The zero-order valence-electron chi connectivity index (χ0n) is 7.65. The maximum Gasteiger partial charge on any atom is 0.281 e. The Morgan fingerprint density at radius 2 is 2.14 bits per heavy atom. The number of rotatable bonds is 1. The Kier molecular flexibility index (Phi) is 2.74. The van der Waals surface area contributed by atoms with Crippen molar-refractivity contribution in [3.8, 4) is 0 Å². The Bertz CT molecular complexity index is 327. The van der Waals surface area contributed by atoms with E-state index in [4.69, 9.17) is 16.3 Å². The molecule has 0 N–H and O–H groups in total. The molecule has 0 atom stereocenters. The second kappa shape index (κ2) is 4.02. The van der Waals surface area contributed by atoms with E-state index in [2.05, 4.69) is 0 Å². The second-order valence-electron chi connectivity index (χ2n) is 3.13. The first kappa shape index (κ1) is 9.55. The van der Waals surface area contributed by atoms with Crippen LogP contribution in [-0.2, 0) is 4.74 Å². The lowest BCUT2D eigenvalue weighted by atomic mass is 10.4. The number of hydrogen-bond donors (Lipinski definition) is 0. The molecule has 5 heteroatoms. The molecule has 0 aliphatic carbocycles. The van der Waals surface area contributed by atoms with Crippen molar-refractivity contribution in [2.24, 2.45) is 0 Å². The number of aromatic nitrogens is 1. The van der Waals surface area contributed by atoms with Gasteiger partial charge in [0, 0.05) is 6.07 Å². The smallest absolute Gasteiger partial charge is 0.281 e. The zero-order valence-corrected chi connectivity index (χ0v) is 8.41. The van der Waals surface area contributed by atoms with Crippen LogP contribution in [0.1, 0.15) is 0 Å². The van der Waals surface area contributed by atoms with Crippen LogP contribution in [0, 0.1) is 5.21 Å². The van der Waals surface area contributed by atoms with Crippen LogP contribution in [0.5, 0.6) is 0 Å². The predicted molar refractivity (Wildman–Crippen MR) is 53.4 cm³/mol. The van der Waals surface area contributed by atoms with Gasteiger partial charge in [-0.25, -0.2) is 4.73 Å². The van der Waals surface area contributed by atoms with Gasteiger partial charge in [0.05, 0.1) is 24.4 Å². The average molecular weight is 215 g/mol. The van der Waals surface area contributed by atoms with Gasteiger partial charge in [-0.3, -0.25) is 4.90 Å². The van der Waals surface area contributed by atoms with Crippen molar-refractivity contribution >= 4 is 17.4 Å². The Hall–Kier alpha value is -1.00. The number of ether oxygens (including phenoxy) is 1. The fourth-order valence-electron chi connectivity index (χ4n) is 1.47. The first-order chi connectivity index (χ1) is 6.77. The van der Waals surface area contributed by atoms with Gasteiger partial charge in [0.1, 0.15) is 13.1 Å². The molecule has 0 unspecified atom stereocenters. The van der Waals surface area contributed by atoms with Crippen LogP contribution in [0.4, 0.5) is 5.82 Å². The molecule has 0 saturated carbocycles. The minimum Gasteiger partial charge on any atom is -0.711 e. The lowest BCUT2D eigenvalue weighted by Crippen LogP contribution is -2.43. The highest BCUT2D eigenvalue weighted by molar-refractivity contribution is 6.30. The molecule has 76 valence electrons. The molecule has 0 bridgehead atoms. The first-order valence-electron chi connectivity index (χ1n) is 4.49. The highest BCUT2D eigenvalue weighted by Gasteiger charge is 2.20. The van der Waals surface area contributed by atoms with E-state index < -0.39 is 0 Å². The van der Waals surface area contributed by atoms with E-state index in [0.717, 1.165) is 17.8 Å². The summed E-state index contributed by atoms with van der Waals surface area (Å²) in [7, 11) is 0. The highest BCUT2D eigenvalue weighted by Crippen LogP contribution is 2.15. The molecule has 1 aliphatic heterocycles. The van der Waals surface area contributed by atoms with Gasteiger partial charge >= 0.3 is 0 Å². The van der Waals surface area contributed by atoms with Gasteiger partial charge in [-0.2, -0.15) is 0 Å². The summed E-state index contributed by atoms with van der Waals surface area (Å²) in [6.07, 6.45) is 1.42. The monoisotopic (exact) mass is 214 g/mol. The molecular formula is C9H11ClN2O2. The van der Waals surface area contributed by atoms with Gasteiger partial charge in [0.25, 0.3) is 5.82 Å². The van der Waals surface area contributed by atoms with Crippen molar-refractivity contribution in [1.29, 1.82) is 0 Å². The molecule has 0 aromatic carbocycles. The van der Waals surface area contributed by atoms with E-state index in [-0.39, 0.29) is 0 Å². The van der Waals surface area contributed by atoms with Crippen LogP contribution in [0.25, 0.3) is 0 Å². The van der Waals surface area contributed by atoms with Crippen molar-refractivity contribution in [2.75, 3.05) is 31.2 Å². The maximum absolute atomic E-state index is 11.4. The van der Waals surface area contributed by atoms with E-state index in [1.54, 1.807) is 12.1 Å². The fourth-order valence-corrected chi connectivity index (χ4v) is 1.63. The normalized spacial score (nSPS) is 17.1. The zero-order chi connectivity index (χ0) is 9.97. The van der Waals surface area contributed by atoms with Crippen molar-refractivity contribution < 1.29 is 9.47 Å². The summed E-state index contributed by atoms with van der Waals surface area (Å²) >= 11 is 5.83. The third-order valence-corrected chi connectivity index (χ3v) is 2.43. The number of nitrogens with zero attached hydrogens (tertiary/aromatic N) is 2. The fraction of sp³-hybridized carbons (Fsp3) is 0.444. The minimum absolute atomic E-state index is 0.582. The van der Waals surface area contributed by atoms with Gasteiger partial charge in [0.15, 0.2) is 0 Å². The summed E-state index contributed by atoms with van der Waals surface area (Å²) in [6, 6.07) is 3.26. The number of halogens is 1. The van der Waals surface area contributed by atoms with Crippen LogP contribution >= 0.6 is 11.6 Å². The first-order valence-corrected chi connectivity index (χ1v) is 4.86. The van der Waals surface area contributed by atoms with Crippen LogP contribution in [0.15, 0.2) is 18.3 Å². The lowest BCUT2D eigenvalue weighted by Gasteiger charge is -2.24. The molecule has 14 heavy (non-hydrogen) atoms. The van der Waals surface area contributed by atoms with Crippen LogP contribution < -0.4 is 9.63 Å². The topological polar surface area (TPSA) is 39.4 Å². The Labute approximate surface area is 87.2 Å². The quantitative estimate of drug-likeness (QED) is 0.513. The summed E-state index contributed by atoms with van der Waals surface area (Å²) in [6.45, 7) is 2.80. The van der Waals surface area contributed by atoms with Gasteiger partial charge in [-0.05, 0) is 6.07 Å². The molecule has 1 fully saturated rings. The molecule has 4 nitrogen and oxygen atoms in total. The lowest BCUT2D eigenvalue weighted by molar-refractivity contribution is -0.592. The molecule has 0 radical (unpaired) electrons. The summed E-state index contributed by atoms with van der Waals surface area (Å²) in [4.78, 5) is 1.97. The largest absolute Gasteiger partial charge is 0.711 e. The third-order valence-electron chi connectivity index (χ3n) is 2.20. The number of anilines is 1. The SMILES string of the molecule is [O-][n+]1ccc(Cl)cc1N1CCOCC1. The van der Waals surface area contributed by atoms with Crippen molar-refractivity contribution in [3.05, 3.63) is 28.6 Å².